The molecular weight excluding hydrogens is 302 g/mol. The molecule has 0 aliphatic heterocycles. The first-order valence-corrected chi connectivity index (χ1v) is 7.46. The Morgan fingerprint density at radius 3 is 2.58 bits per heavy atom. The first-order valence-electron chi connectivity index (χ1n) is 7.46. The molecular formula is C19H15N3O2. The molecule has 2 aromatic carbocycles. The summed E-state index contributed by atoms with van der Waals surface area (Å²) in [4.78, 5) is 18.5. The molecule has 0 fully saturated rings. The van der Waals surface area contributed by atoms with Gasteiger partial charge in [0.15, 0.2) is 0 Å². The monoisotopic (exact) mass is 317 g/mol. The summed E-state index contributed by atoms with van der Waals surface area (Å²) in [6.07, 6.45) is 0.137. The van der Waals surface area contributed by atoms with E-state index in [2.05, 4.69) is 16.0 Å². The number of rotatable bonds is 3. The zero-order chi connectivity index (χ0) is 17.1. The number of aryl methyl sites for hydroxylation is 1. The number of nitrogens with zero attached hydrogens (tertiary/aromatic N) is 2. The van der Waals surface area contributed by atoms with Crippen molar-refractivity contribution < 1.29 is 5.11 Å². The number of aromatic nitrogens is 2. The topological polar surface area (TPSA) is 89.8 Å². The Morgan fingerprint density at radius 1 is 1.17 bits per heavy atom. The Bertz CT molecular complexity index is 986. The van der Waals surface area contributed by atoms with Crippen LogP contribution >= 0.6 is 0 Å². The van der Waals surface area contributed by atoms with Crippen LogP contribution in [-0.2, 0) is 6.42 Å². The third kappa shape index (κ3) is 2.90. The smallest absolute Gasteiger partial charge is 0.258 e. The van der Waals surface area contributed by atoms with Crippen LogP contribution in [-0.4, -0.2) is 15.1 Å². The van der Waals surface area contributed by atoms with Crippen molar-refractivity contribution in [2.75, 3.05) is 0 Å². The van der Waals surface area contributed by atoms with E-state index in [9.17, 15) is 15.2 Å². The first kappa shape index (κ1) is 15.5. The van der Waals surface area contributed by atoms with E-state index in [1.54, 1.807) is 13.0 Å². The molecule has 0 spiro atoms. The van der Waals surface area contributed by atoms with Gasteiger partial charge < -0.3 is 10.1 Å². The number of hydrogen-bond acceptors (Lipinski definition) is 4. The van der Waals surface area contributed by atoms with E-state index < -0.39 is 5.56 Å². The molecule has 0 amide bonds. The van der Waals surface area contributed by atoms with Gasteiger partial charge in [-0.1, -0.05) is 48.5 Å². The lowest BCUT2D eigenvalue weighted by atomic mass is 9.93. The lowest BCUT2D eigenvalue weighted by Crippen LogP contribution is -2.16. The molecule has 0 atom stereocenters. The van der Waals surface area contributed by atoms with Crippen LogP contribution in [0.1, 0.15) is 22.5 Å². The van der Waals surface area contributed by atoms with E-state index in [4.69, 9.17) is 0 Å². The van der Waals surface area contributed by atoms with Crippen molar-refractivity contribution in [3.05, 3.63) is 81.4 Å². The fraction of sp³-hybridized carbons (Fsp3) is 0.105. The number of aromatic amines is 1. The molecule has 3 rings (SSSR count). The summed E-state index contributed by atoms with van der Waals surface area (Å²) in [5.41, 5.74) is 2.65. The maximum atomic E-state index is 12.1. The Labute approximate surface area is 138 Å². The second-order valence-electron chi connectivity index (χ2n) is 5.45. The van der Waals surface area contributed by atoms with Gasteiger partial charge in [0.05, 0.1) is 11.1 Å². The molecule has 0 saturated heterocycles. The molecule has 24 heavy (non-hydrogen) atoms. The van der Waals surface area contributed by atoms with E-state index in [0.717, 1.165) is 11.1 Å². The second-order valence-corrected chi connectivity index (χ2v) is 5.45. The maximum absolute atomic E-state index is 12.1. The molecule has 1 heterocycles. The van der Waals surface area contributed by atoms with Gasteiger partial charge in [0.1, 0.15) is 11.9 Å². The van der Waals surface area contributed by atoms with Gasteiger partial charge in [-0.2, -0.15) is 5.26 Å². The SMILES string of the molecule is Cc1nc(O)c(Cc2cccc(-c3ccccc3)c2C#N)c(=O)[nH]1. The second kappa shape index (κ2) is 6.39. The number of hydrogen-bond donors (Lipinski definition) is 2. The quantitative estimate of drug-likeness (QED) is 0.777. The summed E-state index contributed by atoms with van der Waals surface area (Å²) in [6.45, 7) is 1.60. The summed E-state index contributed by atoms with van der Waals surface area (Å²) >= 11 is 0. The lowest BCUT2D eigenvalue weighted by Gasteiger charge is -2.10. The Hall–Kier alpha value is -3.39. The molecule has 0 aliphatic rings. The third-order valence-electron chi connectivity index (χ3n) is 3.83. The predicted octanol–water partition coefficient (Wildman–Crippen LogP) is 2.91. The van der Waals surface area contributed by atoms with Gasteiger partial charge in [-0.15, -0.1) is 0 Å². The van der Waals surface area contributed by atoms with Gasteiger partial charge in [-0.05, 0) is 23.6 Å². The molecule has 0 unspecified atom stereocenters. The van der Waals surface area contributed by atoms with Gasteiger partial charge >= 0.3 is 0 Å². The molecule has 0 saturated carbocycles. The summed E-state index contributed by atoms with van der Waals surface area (Å²) in [6, 6.07) is 17.3. The molecule has 5 heteroatoms. The van der Waals surface area contributed by atoms with Crippen LogP contribution in [0.2, 0.25) is 0 Å². The average molecular weight is 317 g/mol. The summed E-state index contributed by atoms with van der Waals surface area (Å²) < 4.78 is 0. The highest BCUT2D eigenvalue weighted by Crippen LogP contribution is 2.27. The minimum atomic E-state index is -0.394. The zero-order valence-corrected chi connectivity index (χ0v) is 13.1. The molecule has 0 radical (unpaired) electrons. The van der Waals surface area contributed by atoms with Crippen molar-refractivity contribution in [3.63, 3.8) is 0 Å². The Morgan fingerprint density at radius 2 is 1.92 bits per heavy atom. The summed E-state index contributed by atoms with van der Waals surface area (Å²) in [5.74, 6) is 0.0463. The highest BCUT2D eigenvalue weighted by atomic mass is 16.3. The number of benzene rings is 2. The van der Waals surface area contributed by atoms with E-state index in [1.807, 2.05) is 42.5 Å². The van der Waals surface area contributed by atoms with E-state index >= 15 is 0 Å². The van der Waals surface area contributed by atoms with E-state index in [-0.39, 0.29) is 17.9 Å². The van der Waals surface area contributed by atoms with Gasteiger partial charge in [0, 0.05) is 6.42 Å². The average Bonchev–Trinajstić information content (AvgIpc) is 2.58. The van der Waals surface area contributed by atoms with Crippen molar-refractivity contribution >= 4 is 0 Å². The predicted molar refractivity (Wildman–Crippen MR) is 90.7 cm³/mol. The number of nitriles is 1. The van der Waals surface area contributed by atoms with Crippen molar-refractivity contribution in [1.29, 1.82) is 5.26 Å². The molecule has 0 bridgehead atoms. The number of aromatic hydroxyl groups is 1. The van der Waals surface area contributed by atoms with Gasteiger partial charge in [-0.25, -0.2) is 4.98 Å². The maximum Gasteiger partial charge on any atom is 0.258 e. The van der Waals surface area contributed by atoms with Crippen LogP contribution in [0.15, 0.2) is 53.3 Å². The van der Waals surface area contributed by atoms with Crippen LogP contribution in [0.3, 0.4) is 0 Å². The standard InChI is InChI=1S/C19H15N3O2/c1-12-21-18(23)16(19(24)22-12)10-14-8-5-9-15(17(14)11-20)13-6-3-2-4-7-13/h2-9H,10H2,1H3,(H2,21,22,23,24). The van der Waals surface area contributed by atoms with Crippen LogP contribution in [0.25, 0.3) is 11.1 Å². The third-order valence-corrected chi connectivity index (χ3v) is 3.83. The highest BCUT2D eigenvalue weighted by Gasteiger charge is 2.15. The largest absolute Gasteiger partial charge is 0.493 e. The summed E-state index contributed by atoms with van der Waals surface area (Å²) in [5, 5.41) is 19.6. The van der Waals surface area contributed by atoms with Crippen LogP contribution in [0, 0.1) is 18.3 Å². The molecule has 118 valence electrons. The summed E-state index contributed by atoms with van der Waals surface area (Å²) in [7, 11) is 0. The Balaban J connectivity index is 2.11. The van der Waals surface area contributed by atoms with Crippen molar-refractivity contribution in [1.82, 2.24) is 9.97 Å². The fourth-order valence-corrected chi connectivity index (χ4v) is 2.68. The minimum absolute atomic E-state index is 0.137. The van der Waals surface area contributed by atoms with Crippen LogP contribution in [0.4, 0.5) is 0 Å². The van der Waals surface area contributed by atoms with Crippen LogP contribution < -0.4 is 5.56 Å². The van der Waals surface area contributed by atoms with Gasteiger partial charge in [0.2, 0.25) is 5.88 Å². The lowest BCUT2D eigenvalue weighted by molar-refractivity contribution is 0.442. The molecule has 5 nitrogen and oxygen atoms in total. The molecule has 1 aromatic heterocycles. The fourth-order valence-electron chi connectivity index (χ4n) is 2.68. The molecule has 0 aliphatic carbocycles. The van der Waals surface area contributed by atoms with Crippen molar-refractivity contribution in [2.24, 2.45) is 0 Å². The van der Waals surface area contributed by atoms with Crippen LogP contribution in [0.5, 0.6) is 5.88 Å². The zero-order valence-electron chi connectivity index (χ0n) is 13.1. The van der Waals surface area contributed by atoms with Crippen molar-refractivity contribution in [2.45, 2.75) is 13.3 Å². The van der Waals surface area contributed by atoms with Gasteiger partial charge in [0.25, 0.3) is 5.56 Å². The van der Waals surface area contributed by atoms with Gasteiger partial charge in [-0.3, -0.25) is 4.79 Å². The van der Waals surface area contributed by atoms with E-state index in [0.29, 0.717) is 17.0 Å². The number of H-pyrrole nitrogens is 1. The molecule has 3 aromatic rings. The first-order chi connectivity index (χ1) is 11.6. The highest BCUT2D eigenvalue weighted by molar-refractivity contribution is 5.72. The molecule has 2 N–H and O–H groups in total. The number of nitrogens with one attached hydrogen (secondary N) is 1. The van der Waals surface area contributed by atoms with E-state index in [1.165, 1.54) is 0 Å². The Kier molecular flexibility index (Phi) is 4.13. The van der Waals surface area contributed by atoms with Crippen molar-refractivity contribution in [3.8, 4) is 23.1 Å². The normalized spacial score (nSPS) is 10.3. The minimum Gasteiger partial charge on any atom is -0.493 e.